The monoisotopic (exact) mass is 302 g/mol. The first-order valence-electron chi connectivity index (χ1n) is 7.35. The van der Waals surface area contributed by atoms with Crippen molar-refractivity contribution in [2.45, 2.75) is 39.3 Å². The van der Waals surface area contributed by atoms with E-state index in [9.17, 15) is 0 Å². The van der Waals surface area contributed by atoms with Crippen LogP contribution in [-0.2, 0) is 13.2 Å². The molecule has 0 saturated carbocycles. The maximum atomic E-state index is 9.02. The molecule has 2 aromatic carbocycles. The summed E-state index contributed by atoms with van der Waals surface area (Å²) in [5.74, 6) is 1.49. The lowest BCUT2D eigenvalue weighted by Crippen LogP contribution is -2.31. The van der Waals surface area contributed by atoms with Crippen molar-refractivity contribution < 1.29 is 19.7 Å². The van der Waals surface area contributed by atoms with Crippen molar-refractivity contribution in [1.29, 1.82) is 0 Å². The minimum atomic E-state index is -0.127. The van der Waals surface area contributed by atoms with Gasteiger partial charge < -0.3 is 19.7 Å². The number of hydrogen-bond donors (Lipinski definition) is 2. The molecule has 0 spiro atoms. The Hall–Kier alpha value is -2.04. The van der Waals surface area contributed by atoms with Crippen LogP contribution in [0.5, 0.6) is 11.5 Å². The van der Waals surface area contributed by atoms with Gasteiger partial charge >= 0.3 is 0 Å². The largest absolute Gasteiger partial charge is 0.487 e. The number of hydrogen-bond acceptors (Lipinski definition) is 4. The molecule has 0 aliphatic heterocycles. The summed E-state index contributed by atoms with van der Waals surface area (Å²) in [5.41, 5.74) is 1.71. The maximum absolute atomic E-state index is 9.02. The van der Waals surface area contributed by atoms with Crippen LogP contribution in [0.4, 0.5) is 0 Å². The van der Waals surface area contributed by atoms with Gasteiger partial charge in [0.25, 0.3) is 0 Å². The lowest BCUT2D eigenvalue weighted by atomic mass is 10.2. The fourth-order valence-corrected chi connectivity index (χ4v) is 1.97. The zero-order valence-electron chi connectivity index (χ0n) is 12.9. The highest BCUT2D eigenvalue weighted by Gasteiger charge is 2.15. The van der Waals surface area contributed by atoms with Gasteiger partial charge in [-0.3, -0.25) is 0 Å². The number of benzene rings is 2. The molecule has 2 rings (SSSR count). The third kappa shape index (κ3) is 4.48. The van der Waals surface area contributed by atoms with E-state index in [0.29, 0.717) is 0 Å². The van der Waals surface area contributed by atoms with Crippen LogP contribution in [0.25, 0.3) is 0 Å². The van der Waals surface area contributed by atoms with Gasteiger partial charge in [0, 0.05) is 0 Å². The van der Waals surface area contributed by atoms with E-state index < -0.39 is 0 Å². The molecule has 2 N–H and O–H groups in total. The van der Waals surface area contributed by atoms with Crippen LogP contribution in [0.2, 0.25) is 0 Å². The third-order valence-electron chi connectivity index (χ3n) is 3.52. The molecule has 118 valence electrons. The maximum Gasteiger partial charge on any atom is 0.132 e. The Morgan fingerprint density at radius 3 is 1.27 bits per heavy atom. The smallest absolute Gasteiger partial charge is 0.132 e. The summed E-state index contributed by atoms with van der Waals surface area (Å²) in [5, 5.41) is 18.0. The van der Waals surface area contributed by atoms with Crippen LogP contribution in [0.15, 0.2) is 48.5 Å². The first kappa shape index (κ1) is 16.3. The van der Waals surface area contributed by atoms with E-state index in [1.54, 1.807) is 0 Å². The molecule has 0 saturated heterocycles. The van der Waals surface area contributed by atoms with Gasteiger partial charge in [-0.1, -0.05) is 24.3 Å². The zero-order chi connectivity index (χ0) is 15.9. The Morgan fingerprint density at radius 1 is 0.682 bits per heavy atom. The van der Waals surface area contributed by atoms with E-state index in [4.69, 9.17) is 19.7 Å². The number of rotatable bonds is 7. The first-order valence-corrected chi connectivity index (χ1v) is 7.35. The molecule has 2 unspecified atom stereocenters. The summed E-state index contributed by atoms with van der Waals surface area (Å²) < 4.78 is 11.7. The lowest BCUT2D eigenvalue weighted by molar-refractivity contribution is 0.0778. The minimum absolute atomic E-state index is 0.0270. The lowest BCUT2D eigenvalue weighted by Gasteiger charge is -2.23. The van der Waals surface area contributed by atoms with Crippen molar-refractivity contribution in [1.82, 2.24) is 0 Å². The Kier molecular flexibility index (Phi) is 5.81. The number of ether oxygens (including phenoxy) is 2. The summed E-state index contributed by atoms with van der Waals surface area (Å²) in [6, 6.07) is 14.7. The number of aliphatic hydroxyl groups is 2. The van der Waals surface area contributed by atoms with E-state index >= 15 is 0 Å². The number of aliphatic hydroxyl groups excluding tert-OH is 2. The van der Waals surface area contributed by atoms with E-state index in [1.807, 2.05) is 62.4 Å². The highest BCUT2D eigenvalue weighted by atomic mass is 16.5. The van der Waals surface area contributed by atoms with Crippen molar-refractivity contribution in [2.75, 3.05) is 0 Å². The van der Waals surface area contributed by atoms with Crippen LogP contribution < -0.4 is 9.47 Å². The first-order chi connectivity index (χ1) is 10.6. The molecular formula is C18H22O4. The van der Waals surface area contributed by atoms with Gasteiger partial charge in [0.15, 0.2) is 0 Å². The molecule has 2 aromatic rings. The Morgan fingerprint density at radius 2 is 1.00 bits per heavy atom. The molecule has 4 nitrogen and oxygen atoms in total. The molecule has 22 heavy (non-hydrogen) atoms. The van der Waals surface area contributed by atoms with Crippen LogP contribution in [-0.4, -0.2) is 22.4 Å². The third-order valence-corrected chi connectivity index (χ3v) is 3.52. The second-order valence-corrected chi connectivity index (χ2v) is 5.25. The van der Waals surface area contributed by atoms with Crippen molar-refractivity contribution in [2.24, 2.45) is 0 Å². The predicted molar refractivity (Wildman–Crippen MR) is 84.9 cm³/mol. The summed E-state index contributed by atoms with van der Waals surface area (Å²) in [6.45, 7) is 3.96. The second kappa shape index (κ2) is 7.82. The van der Waals surface area contributed by atoms with Gasteiger partial charge in [-0.2, -0.15) is 0 Å². The minimum Gasteiger partial charge on any atom is -0.487 e. The van der Waals surface area contributed by atoms with Gasteiger partial charge in [0.2, 0.25) is 0 Å². The average molecular weight is 302 g/mol. The predicted octanol–water partition coefficient (Wildman–Crippen LogP) is 2.91. The van der Waals surface area contributed by atoms with Crippen LogP contribution >= 0.6 is 0 Å². The van der Waals surface area contributed by atoms with E-state index in [0.717, 1.165) is 22.6 Å². The Bertz CT molecular complexity index is 509. The Balaban J connectivity index is 1.91. The Labute approximate surface area is 130 Å². The zero-order valence-corrected chi connectivity index (χ0v) is 12.9. The van der Waals surface area contributed by atoms with Gasteiger partial charge in [-0.15, -0.1) is 0 Å². The molecule has 0 aliphatic rings. The average Bonchev–Trinajstić information content (AvgIpc) is 2.56. The van der Waals surface area contributed by atoms with Crippen LogP contribution in [0.3, 0.4) is 0 Å². The molecule has 2 atom stereocenters. The highest BCUT2D eigenvalue weighted by molar-refractivity contribution is 5.28. The van der Waals surface area contributed by atoms with Crippen molar-refractivity contribution in [3.8, 4) is 11.5 Å². The molecule has 0 bridgehead atoms. The fraction of sp³-hybridized carbons (Fsp3) is 0.333. The molecule has 4 heteroatoms. The molecule has 0 radical (unpaired) electrons. The molecule has 0 heterocycles. The van der Waals surface area contributed by atoms with Gasteiger partial charge in [0.1, 0.15) is 23.7 Å². The van der Waals surface area contributed by atoms with Crippen LogP contribution in [0, 0.1) is 0 Å². The molecule has 0 amide bonds. The van der Waals surface area contributed by atoms with E-state index in [2.05, 4.69) is 0 Å². The van der Waals surface area contributed by atoms with Crippen molar-refractivity contribution in [3.63, 3.8) is 0 Å². The fourth-order valence-electron chi connectivity index (χ4n) is 1.97. The topological polar surface area (TPSA) is 58.9 Å². The molecular weight excluding hydrogens is 280 g/mol. The highest BCUT2D eigenvalue weighted by Crippen LogP contribution is 2.19. The summed E-state index contributed by atoms with van der Waals surface area (Å²) >= 11 is 0. The van der Waals surface area contributed by atoms with Gasteiger partial charge in [0.05, 0.1) is 13.2 Å². The second-order valence-electron chi connectivity index (χ2n) is 5.25. The quantitative estimate of drug-likeness (QED) is 0.825. The summed E-state index contributed by atoms with van der Waals surface area (Å²) in [4.78, 5) is 0. The van der Waals surface area contributed by atoms with E-state index in [-0.39, 0.29) is 25.4 Å². The van der Waals surface area contributed by atoms with Gasteiger partial charge in [-0.05, 0) is 49.2 Å². The molecule has 0 fully saturated rings. The van der Waals surface area contributed by atoms with Crippen molar-refractivity contribution >= 4 is 0 Å². The normalized spacial score (nSPS) is 13.5. The molecule has 0 aliphatic carbocycles. The summed E-state index contributed by atoms with van der Waals surface area (Å²) in [7, 11) is 0. The van der Waals surface area contributed by atoms with Gasteiger partial charge in [-0.25, -0.2) is 0 Å². The molecule has 0 aromatic heterocycles. The standard InChI is InChI=1S/C18H22O4/c1-13(21-17-7-3-15(11-19)4-8-17)14(2)22-18-9-5-16(12-20)6-10-18/h3-10,13-14,19-20H,11-12H2,1-2H3. The van der Waals surface area contributed by atoms with Crippen molar-refractivity contribution in [3.05, 3.63) is 59.7 Å². The SMILES string of the molecule is CC(Oc1ccc(CO)cc1)C(C)Oc1ccc(CO)cc1. The van der Waals surface area contributed by atoms with E-state index in [1.165, 1.54) is 0 Å². The summed E-state index contributed by atoms with van der Waals surface area (Å²) in [6.07, 6.45) is -0.255. The van der Waals surface area contributed by atoms with Crippen LogP contribution in [0.1, 0.15) is 25.0 Å².